The van der Waals surface area contributed by atoms with E-state index in [-0.39, 0.29) is 71.3 Å². The van der Waals surface area contributed by atoms with Crippen molar-refractivity contribution in [2.24, 2.45) is 5.41 Å². The van der Waals surface area contributed by atoms with Crippen molar-refractivity contribution in [1.29, 1.82) is 0 Å². The van der Waals surface area contributed by atoms with Crippen LogP contribution in [0.1, 0.15) is 60.1 Å². The number of aromatic nitrogens is 4. The van der Waals surface area contributed by atoms with Gasteiger partial charge in [0.25, 0.3) is 0 Å². The first kappa shape index (κ1) is 51.6. The number of Topliss-reactive ketones (excluding diaryl/α,β-unsaturated/α-hetero) is 1. The number of ether oxygens (including phenoxy) is 1. The lowest BCUT2D eigenvalue weighted by molar-refractivity contribution is -0.137. The number of carbonyl (C=O) groups is 5. The molecule has 27 nitrogen and oxygen atoms in total. The predicted molar refractivity (Wildman–Crippen MR) is 214 cm³/mol. The third-order valence-electron chi connectivity index (χ3n) is 8.78. The largest absolute Gasteiger partial charge is 0.481 e. The van der Waals surface area contributed by atoms with Crippen molar-refractivity contribution < 1.29 is 95.2 Å². The number of nitrogens with zero attached hydrogens (tertiary/aromatic N) is 4. The number of ketones is 1. The molecule has 348 valence electrons. The molecule has 1 aliphatic heterocycles. The Morgan fingerprint density at radius 3 is 2.29 bits per heavy atom. The summed E-state index contributed by atoms with van der Waals surface area (Å²) in [5.74, 6) is -3.27. The van der Waals surface area contributed by atoms with Crippen LogP contribution in [0.5, 0.6) is 0 Å². The van der Waals surface area contributed by atoms with Crippen molar-refractivity contribution in [1.82, 2.24) is 30.2 Å². The molecule has 0 bridgehead atoms. The summed E-state index contributed by atoms with van der Waals surface area (Å²) >= 11 is 0.849. The molecule has 7 atom stereocenters. The molecule has 11 N–H and O–H groups in total. The molecular weight excluding hydrogens is 927 g/mol. The lowest BCUT2D eigenvalue weighted by atomic mass is 9.87. The van der Waals surface area contributed by atoms with E-state index in [1.54, 1.807) is 0 Å². The fourth-order valence-corrected chi connectivity index (χ4v) is 9.14. The van der Waals surface area contributed by atoms with E-state index in [0.717, 1.165) is 29.0 Å². The van der Waals surface area contributed by atoms with Gasteiger partial charge in [-0.25, -0.2) is 33.4 Å². The third kappa shape index (κ3) is 15.0. The highest BCUT2D eigenvalue weighted by atomic mass is 32.2. The highest BCUT2D eigenvalue weighted by molar-refractivity contribution is 8.13. The van der Waals surface area contributed by atoms with Crippen LogP contribution in [-0.2, 0) is 50.7 Å². The Labute approximate surface area is 360 Å². The van der Waals surface area contributed by atoms with Gasteiger partial charge in [-0.1, -0.05) is 43.8 Å². The predicted octanol–water partition coefficient (Wildman–Crippen LogP) is 0.0260. The van der Waals surface area contributed by atoms with Crippen LogP contribution in [0.3, 0.4) is 0 Å². The SMILES string of the molecule is CC(C)(COP(=O)(O)OP(=O)(O)OCC1OC(n2cnc3c(N)ncnc32)C(O)C1OP(=O)(O)O)C(O)C(=O)NCCC(=O)NCCSC(=O)CCC(=O)c1ccccc1C(=O)O. The molecule has 2 aromatic heterocycles. The number of hydrogen-bond donors (Lipinski definition) is 10. The molecule has 0 aliphatic carbocycles. The second kappa shape index (κ2) is 21.7. The first-order valence-corrected chi connectivity index (χ1v) is 23.7. The van der Waals surface area contributed by atoms with Crippen LogP contribution < -0.4 is 16.4 Å². The molecule has 1 aliphatic rings. The van der Waals surface area contributed by atoms with Gasteiger partial charge in [0, 0.05) is 49.1 Å². The van der Waals surface area contributed by atoms with E-state index in [4.69, 9.17) is 19.5 Å². The number of carbonyl (C=O) groups excluding carboxylic acids is 4. The molecule has 1 fully saturated rings. The minimum absolute atomic E-state index is 0.0101. The van der Waals surface area contributed by atoms with Crippen molar-refractivity contribution in [3.05, 3.63) is 48.0 Å². The first-order chi connectivity index (χ1) is 29.3. The number of benzene rings is 1. The molecule has 3 heterocycles. The number of nitrogens with one attached hydrogen (secondary N) is 2. The van der Waals surface area contributed by atoms with Gasteiger partial charge >= 0.3 is 29.4 Å². The number of carboxylic acid groups (broad SMARTS) is 1. The summed E-state index contributed by atoms with van der Waals surface area (Å²) in [6, 6.07) is 5.62. The van der Waals surface area contributed by atoms with Crippen LogP contribution in [0.4, 0.5) is 5.82 Å². The van der Waals surface area contributed by atoms with Crippen LogP contribution >= 0.6 is 35.2 Å². The third-order valence-corrected chi connectivity index (χ3v) is 12.8. The van der Waals surface area contributed by atoms with Crippen molar-refractivity contribution in [2.75, 3.05) is 37.8 Å². The summed E-state index contributed by atoms with van der Waals surface area (Å²) in [7, 11) is -16.5. The number of aliphatic hydroxyl groups excluding tert-OH is 2. The number of rotatable bonds is 24. The number of phosphoric ester groups is 3. The van der Waals surface area contributed by atoms with Gasteiger partial charge in [0.1, 0.15) is 36.3 Å². The molecule has 7 unspecified atom stereocenters. The highest BCUT2D eigenvalue weighted by Gasteiger charge is 2.50. The van der Waals surface area contributed by atoms with Crippen LogP contribution in [0, 0.1) is 5.41 Å². The number of amides is 2. The maximum absolute atomic E-state index is 12.7. The molecule has 2 amide bonds. The summed E-state index contributed by atoms with van der Waals surface area (Å²) in [5, 5.41) is 35.2. The summed E-state index contributed by atoms with van der Waals surface area (Å²) in [6.45, 7) is 0.109. The standard InChI is InChI=1S/C32H44N7O20P3S/c1-32(2,26(44)29(45)35-10-9-21(41)34-11-12-63-22(42)8-7-19(40)17-5-3-4-6-18(17)31(46)47)14-56-62(53,54)59-61(51,52)55-13-20-25(58-60(48,49)50)24(43)30(57-20)39-16-38-23-27(33)36-15-37-28(23)39/h3-6,15-16,20,24-26,30,43-44H,7-14H2,1-2H3,(H,34,41)(H,35,45)(H,46,47)(H,51,52)(H,53,54)(H2,33,36,37)(H2,48,49,50). The maximum atomic E-state index is 12.7. The topological polar surface area (TPSA) is 418 Å². The number of anilines is 1. The molecule has 1 aromatic carbocycles. The van der Waals surface area contributed by atoms with Gasteiger partial charge in [0.2, 0.25) is 11.8 Å². The zero-order valence-corrected chi connectivity index (χ0v) is 36.6. The maximum Gasteiger partial charge on any atom is 0.481 e. The number of aliphatic hydroxyl groups is 2. The van der Waals surface area contributed by atoms with E-state index in [1.165, 1.54) is 38.1 Å². The molecule has 4 rings (SSSR count). The van der Waals surface area contributed by atoms with Crippen molar-refractivity contribution in [3.63, 3.8) is 0 Å². The van der Waals surface area contributed by atoms with Crippen molar-refractivity contribution >= 4 is 80.9 Å². The normalized spacial score (nSPS) is 20.4. The first-order valence-electron chi connectivity index (χ1n) is 18.2. The Morgan fingerprint density at radius 1 is 0.952 bits per heavy atom. The smallest absolute Gasteiger partial charge is 0.478 e. The fourth-order valence-electron chi connectivity index (χ4n) is 5.63. The lowest BCUT2D eigenvalue weighted by Gasteiger charge is -2.30. The van der Waals surface area contributed by atoms with Gasteiger partial charge in [-0.3, -0.25) is 37.3 Å². The average molecular weight is 972 g/mol. The van der Waals surface area contributed by atoms with Crippen molar-refractivity contribution in [2.45, 2.75) is 63.8 Å². The Bertz CT molecular complexity index is 2310. The molecule has 31 heteroatoms. The Balaban J connectivity index is 1.18. The van der Waals surface area contributed by atoms with E-state index in [2.05, 4.69) is 34.4 Å². The second-order valence-corrected chi connectivity index (χ2v) is 19.5. The van der Waals surface area contributed by atoms with Crippen molar-refractivity contribution in [3.8, 4) is 0 Å². The zero-order chi connectivity index (χ0) is 46.9. The van der Waals surface area contributed by atoms with Crippen LogP contribution in [0.2, 0.25) is 0 Å². The van der Waals surface area contributed by atoms with E-state index >= 15 is 0 Å². The zero-order valence-electron chi connectivity index (χ0n) is 33.1. The van der Waals surface area contributed by atoms with Crippen LogP contribution in [0.15, 0.2) is 36.9 Å². The summed E-state index contributed by atoms with van der Waals surface area (Å²) < 4.78 is 62.1. The number of nitrogens with two attached hydrogens (primary N) is 1. The molecule has 0 saturated carbocycles. The van der Waals surface area contributed by atoms with Gasteiger partial charge < -0.3 is 56.0 Å². The average Bonchev–Trinajstić information content (AvgIpc) is 3.76. The lowest BCUT2D eigenvalue weighted by Crippen LogP contribution is -2.46. The number of nitrogen functional groups attached to an aromatic ring is 1. The van der Waals surface area contributed by atoms with Gasteiger partial charge in [-0.15, -0.1) is 0 Å². The number of phosphoric acid groups is 3. The van der Waals surface area contributed by atoms with Gasteiger partial charge in [0.05, 0.1) is 25.1 Å². The molecular formula is C32H44N7O20P3S. The van der Waals surface area contributed by atoms with Crippen LogP contribution in [-0.4, -0.2) is 140 Å². The minimum Gasteiger partial charge on any atom is -0.478 e. The van der Waals surface area contributed by atoms with E-state index in [1.807, 2.05) is 0 Å². The number of imidazole rings is 1. The summed E-state index contributed by atoms with van der Waals surface area (Å²) in [5.41, 5.74) is 3.99. The Kier molecular flexibility index (Phi) is 17.8. The number of aromatic carboxylic acids is 1. The number of fused-ring (bicyclic) bond motifs is 1. The molecule has 0 spiro atoms. The van der Waals surface area contributed by atoms with E-state index in [9.17, 15) is 72.6 Å². The quantitative estimate of drug-likeness (QED) is 0.0321. The number of carboxylic acids is 1. The minimum atomic E-state index is -5.61. The number of hydrogen-bond acceptors (Lipinski definition) is 20. The Morgan fingerprint density at radius 2 is 1.62 bits per heavy atom. The second-order valence-electron chi connectivity index (χ2n) is 14.1. The van der Waals surface area contributed by atoms with Gasteiger partial charge in [-0.05, 0) is 6.07 Å². The van der Waals surface area contributed by atoms with Gasteiger partial charge in [-0.2, -0.15) is 4.31 Å². The number of thioether (sulfide) groups is 1. The molecule has 3 aromatic rings. The Hall–Kier alpha value is -4.08. The molecule has 1 saturated heterocycles. The fraction of sp³-hybridized carbons (Fsp3) is 0.500. The van der Waals surface area contributed by atoms with Gasteiger partial charge in [0.15, 0.2) is 28.6 Å². The van der Waals surface area contributed by atoms with Crippen LogP contribution in [0.25, 0.3) is 11.2 Å². The van der Waals surface area contributed by atoms with E-state index < -0.39 is 96.3 Å². The highest BCUT2D eigenvalue weighted by Crippen LogP contribution is 2.61. The summed E-state index contributed by atoms with van der Waals surface area (Å²) in [4.78, 5) is 112. The van der Waals surface area contributed by atoms with E-state index in [0.29, 0.717) is 0 Å². The molecule has 63 heavy (non-hydrogen) atoms. The summed E-state index contributed by atoms with van der Waals surface area (Å²) in [6.07, 6.45) is -7.55. The molecule has 0 radical (unpaired) electrons. The monoisotopic (exact) mass is 971 g/mol.